The topological polar surface area (TPSA) is 109 Å². The van der Waals surface area contributed by atoms with Crippen molar-refractivity contribution in [3.8, 4) is 23.8 Å². The van der Waals surface area contributed by atoms with Crippen molar-refractivity contribution in [3.05, 3.63) is 70.1 Å². The van der Waals surface area contributed by atoms with Gasteiger partial charge in [-0.15, -0.1) is 6.42 Å². The summed E-state index contributed by atoms with van der Waals surface area (Å²) >= 11 is 0. The molecule has 0 atom stereocenters. The second-order valence-electron chi connectivity index (χ2n) is 6.66. The number of rotatable bonds is 7. The van der Waals surface area contributed by atoms with Gasteiger partial charge in [0.1, 0.15) is 17.1 Å². The lowest BCUT2D eigenvalue weighted by atomic mass is 10.1. The van der Waals surface area contributed by atoms with Gasteiger partial charge in [-0.3, -0.25) is 9.59 Å². The lowest BCUT2D eigenvalue weighted by molar-refractivity contribution is -0.145. The minimum atomic E-state index is -0.645. The summed E-state index contributed by atoms with van der Waals surface area (Å²) in [5.74, 6) is 0.691. The average molecular weight is 434 g/mol. The Kier molecular flexibility index (Phi) is 7.03. The number of fused-ring (bicyclic) bond motifs is 1. The van der Waals surface area contributed by atoms with Gasteiger partial charge in [0.2, 0.25) is 0 Å². The lowest BCUT2D eigenvalue weighted by Gasteiger charge is -2.07. The Labute approximate surface area is 182 Å². The van der Waals surface area contributed by atoms with Gasteiger partial charge in [0.05, 0.1) is 18.4 Å². The molecular formula is C24H18O8. The summed E-state index contributed by atoms with van der Waals surface area (Å²) in [5, 5.41) is 0.736. The van der Waals surface area contributed by atoms with Gasteiger partial charge in [-0.05, 0) is 48.9 Å². The number of carbonyl (C=O) groups is 3. The van der Waals surface area contributed by atoms with Crippen molar-refractivity contribution in [2.24, 2.45) is 0 Å². The van der Waals surface area contributed by atoms with Crippen molar-refractivity contribution in [2.75, 3.05) is 6.61 Å². The molecule has 0 aliphatic carbocycles. The highest BCUT2D eigenvalue weighted by molar-refractivity contribution is 5.92. The molecule has 0 N–H and O–H groups in total. The Morgan fingerprint density at radius 3 is 2.34 bits per heavy atom. The predicted octanol–water partition coefficient (Wildman–Crippen LogP) is 3.18. The van der Waals surface area contributed by atoms with Crippen molar-refractivity contribution in [3.63, 3.8) is 0 Å². The maximum absolute atomic E-state index is 12.4. The smallest absolute Gasteiger partial charge is 0.343 e. The fourth-order valence-corrected chi connectivity index (χ4v) is 2.77. The zero-order valence-corrected chi connectivity index (χ0v) is 17.1. The maximum Gasteiger partial charge on any atom is 0.343 e. The summed E-state index contributed by atoms with van der Waals surface area (Å²) in [4.78, 5) is 47.1. The van der Waals surface area contributed by atoms with Crippen LogP contribution in [-0.4, -0.2) is 24.5 Å². The van der Waals surface area contributed by atoms with E-state index < -0.39 is 23.5 Å². The van der Waals surface area contributed by atoms with Crippen LogP contribution in [0.2, 0.25) is 0 Å². The van der Waals surface area contributed by atoms with E-state index in [2.05, 4.69) is 10.7 Å². The van der Waals surface area contributed by atoms with E-state index in [1.165, 1.54) is 36.4 Å². The van der Waals surface area contributed by atoms with Crippen LogP contribution in [0, 0.1) is 19.3 Å². The number of hydrogen-bond acceptors (Lipinski definition) is 8. The monoisotopic (exact) mass is 434 g/mol. The molecule has 0 amide bonds. The SMILES string of the molecule is C#CCOC(=O)CCC(=O)Oc1ccc(C(=O)Oc2ccc3c(C)cc(=O)oc3c2)cc1. The van der Waals surface area contributed by atoms with Gasteiger partial charge in [-0.25, -0.2) is 9.59 Å². The Morgan fingerprint density at radius 2 is 1.62 bits per heavy atom. The second kappa shape index (κ2) is 10.1. The number of benzene rings is 2. The van der Waals surface area contributed by atoms with Crippen molar-refractivity contribution >= 4 is 28.9 Å². The molecule has 8 nitrogen and oxygen atoms in total. The standard InChI is InChI=1S/C24H18O8/c1-3-12-29-21(25)10-11-22(26)30-17-6-4-16(5-7-17)24(28)31-18-8-9-19-15(2)13-23(27)32-20(19)14-18/h1,4-9,13-14H,10-12H2,2H3. The first-order valence-electron chi connectivity index (χ1n) is 9.52. The van der Waals surface area contributed by atoms with Crippen LogP contribution in [0.5, 0.6) is 11.5 Å². The zero-order valence-electron chi connectivity index (χ0n) is 17.1. The summed E-state index contributed by atoms with van der Waals surface area (Å²) < 4.78 is 20.3. The first-order valence-corrected chi connectivity index (χ1v) is 9.52. The molecule has 2 aromatic carbocycles. The molecule has 0 aliphatic heterocycles. The van der Waals surface area contributed by atoms with Crippen molar-refractivity contribution in [2.45, 2.75) is 19.8 Å². The quantitative estimate of drug-likeness (QED) is 0.241. The highest BCUT2D eigenvalue weighted by atomic mass is 16.5. The van der Waals surface area contributed by atoms with Gasteiger partial charge in [0, 0.05) is 17.5 Å². The van der Waals surface area contributed by atoms with Gasteiger partial charge >= 0.3 is 23.5 Å². The Bertz CT molecular complexity index is 1260. The van der Waals surface area contributed by atoms with E-state index in [1.54, 1.807) is 19.1 Å². The second-order valence-corrected chi connectivity index (χ2v) is 6.66. The van der Waals surface area contributed by atoms with E-state index in [0.717, 1.165) is 10.9 Å². The number of carbonyl (C=O) groups excluding carboxylic acids is 3. The lowest BCUT2D eigenvalue weighted by Crippen LogP contribution is -2.13. The molecule has 3 aromatic rings. The normalized spacial score (nSPS) is 10.2. The van der Waals surface area contributed by atoms with Gasteiger partial charge in [-0.1, -0.05) is 5.92 Å². The van der Waals surface area contributed by atoms with Crippen LogP contribution in [0.4, 0.5) is 0 Å². The van der Waals surface area contributed by atoms with Crippen molar-refractivity contribution < 1.29 is 33.0 Å². The van der Waals surface area contributed by atoms with Gasteiger partial charge in [0.15, 0.2) is 6.61 Å². The van der Waals surface area contributed by atoms with Crippen LogP contribution < -0.4 is 15.1 Å². The first-order chi connectivity index (χ1) is 15.4. The van der Waals surface area contributed by atoms with Crippen molar-refractivity contribution in [1.29, 1.82) is 0 Å². The van der Waals surface area contributed by atoms with E-state index in [1.807, 2.05) is 0 Å². The molecule has 0 saturated heterocycles. The molecule has 8 heteroatoms. The zero-order chi connectivity index (χ0) is 23.1. The Balaban J connectivity index is 1.59. The van der Waals surface area contributed by atoms with Crippen LogP contribution >= 0.6 is 0 Å². The predicted molar refractivity (Wildman–Crippen MR) is 113 cm³/mol. The summed E-state index contributed by atoms with van der Waals surface area (Å²) in [5.41, 5.74) is 0.788. The van der Waals surface area contributed by atoms with Gasteiger partial charge in [-0.2, -0.15) is 0 Å². The number of esters is 3. The summed E-state index contributed by atoms with van der Waals surface area (Å²) in [7, 11) is 0. The number of ether oxygens (including phenoxy) is 3. The van der Waals surface area contributed by atoms with Crippen LogP contribution in [-0.2, 0) is 14.3 Å². The maximum atomic E-state index is 12.4. The van der Waals surface area contributed by atoms with Crippen LogP contribution in [0.15, 0.2) is 57.7 Å². The summed E-state index contributed by atoms with van der Waals surface area (Å²) in [6.07, 6.45) is 4.64. The molecule has 0 saturated carbocycles. The molecular weight excluding hydrogens is 416 g/mol. The minimum absolute atomic E-state index is 0.154. The van der Waals surface area contributed by atoms with E-state index in [4.69, 9.17) is 20.3 Å². The molecule has 0 aliphatic rings. The third kappa shape index (κ3) is 5.83. The molecule has 0 radical (unpaired) electrons. The molecule has 162 valence electrons. The molecule has 0 fully saturated rings. The molecule has 3 rings (SSSR count). The van der Waals surface area contributed by atoms with E-state index >= 15 is 0 Å². The van der Waals surface area contributed by atoms with Gasteiger partial charge < -0.3 is 18.6 Å². The minimum Gasteiger partial charge on any atom is -0.452 e. The molecule has 32 heavy (non-hydrogen) atoms. The molecule has 1 heterocycles. The molecule has 1 aromatic heterocycles. The highest BCUT2D eigenvalue weighted by Crippen LogP contribution is 2.23. The molecule has 0 unspecified atom stereocenters. The van der Waals surface area contributed by atoms with Crippen molar-refractivity contribution in [1.82, 2.24) is 0 Å². The largest absolute Gasteiger partial charge is 0.452 e. The fourth-order valence-electron chi connectivity index (χ4n) is 2.77. The van der Waals surface area contributed by atoms with E-state index in [9.17, 15) is 19.2 Å². The van der Waals surface area contributed by atoms with Gasteiger partial charge in [0.25, 0.3) is 0 Å². The third-order valence-electron chi connectivity index (χ3n) is 4.30. The molecule has 0 spiro atoms. The van der Waals surface area contributed by atoms with Crippen LogP contribution in [0.25, 0.3) is 11.0 Å². The highest BCUT2D eigenvalue weighted by Gasteiger charge is 2.13. The van der Waals surface area contributed by atoms with E-state index in [0.29, 0.717) is 5.58 Å². The fraction of sp³-hybridized carbons (Fsp3) is 0.167. The summed E-state index contributed by atoms with van der Waals surface area (Å²) in [6.45, 7) is 1.63. The number of aryl methyl sites for hydroxylation is 1. The van der Waals surface area contributed by atoms with E-state index in [-0.39, 0.29) is 36.5 Å². The van der Waals surface area contributed by atoms with Crippen LogP contribution in [0.1, 0.15) is 28.8 Å². The van der Waals surface area contributed by atoms with Crippen LogP contribution in [0.3, 0.4) is 0 Å². The first kappa shape index (κ1) is 22.3. The number of terminal acetylenes is 1. The Hall–Kier alpha value is -4.38. The summed E-state index contributed by atoms with van der Waals surface area (Å²) in [6, 6.07) is 11.8. The Morgan fingerprint density at radius 1 is 0.938 bits per heavy atom. The third-order valence-corrected chi connectivity index (χ3v) is 4.30. The molecule has 0 bridgehead atoms. The average Bonchev–Trinajstić information content (AvgIpc) is 2.76. The number of hydrogen-bond donors (Lipinski definition) is 0.